The van der Waals surface area contributed by atoms with Gasteiger partial charge in [-0.25, -0.2) is 0 Å². The number of hydrogen-bond acceptors (Lipinski definition) is 2. The minimum atomic E-state index is 0.427. The van der Waals surface area contributed by atoms with Crippen LogP contribution in [-0.4, -0.2) is 19.3 Å². The van der Waals surface area contributed by atoms with Gasteiger partial charge in [0.15, 0.2) is 0 Å². The van der Waals surface area contributed by atoms with Gasteiger partial charge >= 0.3 is 0 Å². The summed E-state index contributed by atoms with van der Waals surface area (Å²) >= 11 is 0. The molecule has 1 aliphatic carbocycles. The van der Waals surface area contributed by atoms with E-state index in [0.29, 0.717) is 6.04 Å². The molecule has 0 aliphatic heterocycles. The van der Waals surface area contributed by atoms with Crippen molar-refractivity contribution < 1.29 is 4.74 Å². The van der Waals surface area contributed by atoms with E-state index in [-0.39, 0.29) is 0 Å². The van der Waals surface area contributed by atoms with Crippen molar-refractivity contribution in [1.82, 2.24) is 0 Å². The smallest absolute Gasteiger partial charge is 0.0468 e. The van der Waals surface area contributed by atoms with Crippen molar-refractivity contribution in [2.24, 2.45) is 17.6 Å². The quantitative estimate of drug-likeness (QED) is 0.645. The summed E-state index contributed by atoms with van der Waals surface area (Å²) in [5.41, 5.74) is 6.19. The molecule has 0 spiro atoms. The largest absolute Gasteiger partial charge is 0.381 e. The van der Waals surface area contributed by atoms with Crippen LogP contribution in [0.15, 0.2) is 0 Å². The standard InChI is InChI=1S/C14H29NO/c1-12(2)9-11-16-10-5-8-14(15)13-6-3-4-7-13/h12-14H,3-11,15H2,1-2H3. The highest BCUT2D eigenvalue weighted by Crippen LogP contribution is 2.28. The van der Waals surface area contributed by atoms with Gasteiger partial charge in [0, 0.05) is 19.3 Å². The van der Waals surface area contributed by atoms with Crippen LogP contribution in [0.25, 0.3) is 0 Å². The third-order valence-corrected chi connectivity index (χ3v) is 3.67. The minimum Gasteiger partial charge on any atom is -0.381 e. The fraction of sp³-hybridized carbons (Fsp3) is 1.00. The average molecular weight is 227 g/mol. The molecule has 1 saturated carbocycles. The SMILES string of the molecule is CC(C)CCOCCCC(N)C1CCCC1. The summed E-state index contributed by atoms with van der Waals surface area (Å²) in [4.78, 5) is 0. The van der Waals surface area contributed by atoms with Gasteiger partial charge in [-0.2, -0.15) is 0 Å². The number of rotatable bonds is 8. The predicted molar refractivity (Wildman–Crippen MR) is 69.4 cm³/mol. The molecule has 0 saturated heterocycles. The Balaban J connectivity index is 1.90. The number of nitrogens with two attached hydrogens (primary N) is 1. The summed E-state index contributed by atoms with van der Waals surface area (Å²) in [6.07, 6.45) is 8.95. The van der Waals surface area contributed by atoms with Gasteiger partial charge in [0.05, 0.1) is 0 Å². The van der Waals surface area contributed by atoms with E-state index >= 15 is 0 Å². The second kappa shape index (κ2) is 8.08. The Hall–Kier alpha value is -0.0800. The Labute approximate surface area is 101 Å². The van der Waals surface area contributed by atoms with Crippen LogP contribution in [-0.2, 0) is 4.74 Å². The molecule has 96 valence electrons. The lowest BCUT2D eigenvalue weighted by Gasteiger charge is -2.18. The maximum absolute atomic E-state index is 6.19. The summed E-state index contributed by atoms with van der Waals surface area (Å²) in [5.74, 6) is 1.55. The van der Waals surface area contributed by atoms with Crippen molar-refractivity contribution >= 4 is 0 Å². The van der Waals surface area contributed by atoms with Crippen LogP contribution < -0.4 is 5.73 Å². The van der Waals surface area contributed by atoms with Crippen LogP contribution >= 0.6 is 0 Å². The topological polar surface area (TPSA) is 35.2 Å². The van der Waals surface area contributed by atoms with Crippen molar-refractivity contribution in [3.63, 3.8) is 0 Å². The van der Waals surface area contributed by atoms with Crippen molar-refractivity contribution in [3.05, 3.63) is 0 Å². The molecule has 0 radical (unpaired) electrons. The summed E-state index contributed by atoms with van der Waals surface area (Å²) in [7, 11) is 0. The molecule has 0 aromatic carbocycles. The second-order valence-corrected chi connectivity index (χ2v) is 5.65. The molecule has 0 aromatic rings. The molecule has 2 nitrogen and oxygen atoms in total. The molecule has 0 heterocycles. The Morgan fingerprint density at radius 1 is 1.12 bits per heavy atom. The zero-order chi connectivity index (χ0) is 11.8. The maximum atomic E-state index is 6.19. The summed E-state index contributed by atoms with van der Waals surface area (Å²) in [6, 6.07) is 0.427. The summed E-state index contributed by atoms with van der Waals surface area (Å²) in [5, 5.41) is 0. The third kappa shape index (κ3) is 5.86. The molecule has 16 heavy (non-hydrogen) atoms. The van der Waals surface area contributed by atoms with E-state index < -0.39 is 0 Å². The molecule has 0 bridgehead atoms. The van der Waals surface area contributed by atoms with Crippen molar-refractivity contribution in [1.29, 1.82) is 0 Å². The zero-order valence-corrected chi connectivity index (χ0v) is 11.1. The highest BCUT2D eigenvalue weighted by molar-refractivity contribution is 4.77. The van der Waals surface area contributed by atoms with Crippen LogP contribution in [0.5, 0.6) is 0 Å². The predicted octanol–water partition coefficient (Wildman–Crippen LogP) is 3.35. The first kappa shape index (κ1) is 14.0. The molecule has 1 aliphatic rings. The zero-order valence-electron chi connectivity index (χ0n) is 11.1. The summed E-state index contributed by atoms with van der Waals surface area (Å²) < 4.78 is 5.60. The van der Waals surface area contributed by atoms with Crippen molar-refractivity contribution in [3.8, 4) is 0 Å². The summed E-state index contributed by atoms with van der Waals surface area (Å²) in [6.45, 7) is 6.28. The molecule has 1 fully saturated rings. The molecule has 2 heteroatoms. The van der Waals surface area contributed by atoms with Crippen molar-refractivity contribution in [2.45, 2.75) is 64.8 Å². The van der Waals surface area contributed by atoms with Crippen molar-refractivity contribution in [2.75, 3.05) is 13.2 Å². The van der Waals surface area contributed by atoms with E-state index in [9.17, 15) is 0 Å². The molecule has 0 aromatic heterocycles. The molecular formula is C14H29NO. The van der Waals surface area contributed by atoms with E-state index in [4.69, 9.17) is 10.5 Å². The number of hydrogen-bond donors (Lipinski definition) is 1. The van der Waals surface area contributed by atoms with Gasteiger partial charge < -0.3 is 10.5 Å². The Bertz CT molecular complexity index is 164. The highest BCUT2D eigenvalue weighted by Gasteiger charge is 2.21. The maximum Gasteiger partial charge on any atom is 0.0468 e. The van der Waals surface area contributed by atoms with Gasteiger partial charge in [-0.3, -0.25) is 0 Å². The Kier molecular flexibility index (Phi) is 7.06. The van der Waals surface area contributed by atoms with Crippen LogP contribution in [0, 0.1) is 11.8 Å². The van der Waals surface area contributed by atoms with E-state index in [1.165, 1.54) is 32.1 Å². The first-order valence-corrected chi connectivity index (χ1v) is 7.03. The van der Waals surface area contributed by atoms with Gasteiger partial charge in [-0.15, -0.1) is 0 Å². The minimum absolute atomic E-state index is 0.427. The van der Waals surface area contributed by atoms with Crippen LogP contribution in [0.4, 0.5) is 0 Å². The molecule has 2 N–H and O–H groups in total. The first-order valence-electron chi connectivity index (χ1n) is 7.03. The van der Waals surface area contributed by atoms with Gasteiger partial charge in [0.2, 0.25) is 0 Å². The normalized spacial score (nSPS) is 19.5. The van der Waals surface area contributed by atoms with Crippen LogP contribution in [0.1, 0.15) is 58.8 Å². The van der Waals surface area contributed by atoms with E-state index in [0.717, 1.165) is 37.9 Å². The van der Waals surface area contributed by atoms with Crippen LogP contribution in [0.2, 0.25) is 0 Å². The molecule has 0 amide bonds. The molecular weight excluding hydrogens is 198 g/mol. The van der Waals surface area contributed by atoms with Crippen LogP contribution in [0.3, 0.4) is 0 Å². The Morgan fingerprint density at radius 2 is 1.81 bits per heavy atom. The van der Waals surface area contributed by atoms with E-state index in [1.807, 2.05) is 0 Å². The average Bonchev–Trinajstić information content (AvgIpc) is 2.75. The fourth-order valence-electron chi connectivity index (χ4n) is 2.46. The third-order valence-electron chi connectivity index (χ3n) is 3.67. The lowest BCUT2D eigenvalue weighted by atomic mass is 9.95. The Morgan fingerprint density at radius 3 is 2.44 bits per heavy atom. The van der Waals surface area contributed by atoms with Gasteiger partial charge in [0.1, 0.15) is 0 Å². The fourth-order valence-corrected chi connectivity index (χ4v) is 2.46. The van der Waals surface area contributed by atoms with E-state index in [1.54, 1.807) is 0 Å². The van der Waals surface area contributed by atoms with Gasteiger partial charge in [0.25, 0.3) is 0 Å². The van der Waals surface area contributed by atoms with Gasteiger partial charge in [-0.1, -0.05) is 26.7 Å². The molecule has 1 unspecified atom stereocenters. The lowest BCUT2D eigenvalue weighted by molar-refractivity contribution is 0.117. The lowest BCUT2D eigenvalue weighted by Crippen LogP contribution is -2.28. The monoisotopic (exact) mass is 227 g/mol. The second-order valence-electron chi connectivity index (χ2n) is 5.65. The highest BCUT2D eigenvalue weighted by atomic mass is 16.5. The van der Waals surface area contributed by atoms with Gasteiger partial charge in [-0.05, 0) is 43.9 Å². The van der Waals surface area contributed by atoms with E-state index in [2.05, 4.69) is 13.8 Å². The number of ether oxygens (including phenoxy) is 1. The first-order chi connectivity index (χ1) is 7.70. The molecule has 1 rings (SSSR count). The molecule has 1 atom stereocenters.